The van der Waals surface area contributed by atoms with Gasteiger partial charge in [0.05, 0.1) is 32.0 Å². The van der Waals surface area contributed by atoms with Gasteiger partial charge in [0.15, 0.2) is 12.6 Å². The molecule has 0 spiro atoms. The summed E-state index contributed by atoms with van der Waals surface area (Å²) in [6, 6.07) is -0.973. The highest BCUT2D eigenvalue weighted by atomic mass is 16.7. The van der Waals surface area contributed by atoms with Gasteiger partial charge in [-0.3, -0.25) is 4.79 Å². The molecular formula is C59H103NO13. The van der Waals surface area contributed by atoms with Crippen molar-refractivity contribution < 1.29 is 64.6 Å². The van der Waals surface area contributed by atoms with Gasteiger partial charge in [-0.15, -0.1) is 0 Å². The molecule has 0 aliphatic carbocycles. The number of unbranched alkanes of at least 4 members (excludes halogenated alkanes) is 21. The van der Waals surface area contributed by atoms with Gasteiger partial charge in [-0.05, 0) is 57.8 Å². The molecule has 2 heterocycles. The minimum absolute atomic E-state index is 0.149. The lowest BCUT2D eigenvalue weighted by Gasteiger charge is -2.46. The Morgan fingerprint density at radius 1 is 0.507 bits per heavy atom. The first-order valence-corrected chi connectivity index (χ1v) is 28.7. The van der Waals surface area contributed by atoms with E-state index in [0.29, 0.717) is 12.8 Å². The van der Waals surface area contributed by atoms with Gasteiger partial charge in [-0.2, -0.15) is 0 Å². The van der Waals surface area contributed by atoms with Gasteiger partial charge in [0.25, 0.3) is 0 Å². The second kappa shape index (κ2) is 44.5. The van der Waals surface area contributed by atoms with Gasteiger partial charge in [0.2, 0.25) is 5.91 Å². The van der Waals surface area contributed by atoms with E-state index < -0.39 is 86.8 Å². The fraction of sp³-hybridized carbons (Fsp3) is 0.780. The van der Waals surface area contributed by atoms with Crippen molar-refractivity contribution in [2.24, 2.45) is 0 Å². The number of ether oxygens (including phenoxy) is 4. The number of amides is 1. The average molecular weight is 1030 g/mol. The molecule has 9 N–H and O–H groups in total. The van der Waals surface area contributed by atoms with E-state index in [0.717, 1.165) is 38.5 Å². The van der Waals surface area contributed by atoms with Gasteiger partial charge in [-0.1, -0.05) is 209 Å². The normalized spacial score (nSPS) is 25.9. The second-order valence-electron chi connectivity index (χ2n) is 20.0. The summed E-state index contributed by atoms with van der Waals surface area (Å²) >= 11 is 0. The summed E-state index contributed by atoms with van der Waals surface area (Å²) in [4.78, 5) is 13.1. The Morgan fingerprint density at radius 3 is 1.49 bits per heavy atom. The maximum atomic E-state index is 13.1. The van der Waals surface area contributed by atoms with Crippen LogP contribution < -0.4 is 5.32 Å². The Labute approximate surface area is 440 Å². The molecule has 0 bridgehead atoms. The fourth-order valence-corrected chi connectivity index (χ4v) is 9.02. The predicted molar refractivity (Wildman–Crippen MR) is 290 cm³/mol. The van der Waals surface area contributed by atoms with Crippen LogP contribution in [0.25, 0.3) is 0 Å². The van der Waals surface area contributed by atoms with E-state index in [1.807, 2.05) is 18.2 Å². The number of rotatable bonds is 44. The summed E-state index contributed by atoms with van der Waals surface area (Å²) in [6.45, 7) is 2.60. The molecule has 14 heteroatoms. The topological polar surface area (TPSA) is 228 Å². The third-order valence-corrected chi connectivity index (χ3v) is 13.6. The van der Waals surface area contributed by atoms with Crippen molar-refractivity contribution in [1.29, 1.82) is 0 Å². The molecule has 422 valence electrons. The Balaban J connectivity index is 1.78. The van der Waals surface area contributed by atoms with Crippen LogP contribution in [-0.4, -0.2) is 140 Å². The summed E-state index contributed by atoms with van der Waals surface area (Å²) < 4.78 is 22.7. The van der Waals surface area contributed by atoms with Crippen molar-refractivity contribution in [2.45, 2.75) is 274 Å². The van der Waals surface area contributed by atoms with Crippen molar-refractivity contribution in [3.8, 4) is 0 Å². The maximum absolute atomic E-state index is 13.1. The standard InChI is InChI=1S/C59H103NO13/c1-3-5-7-9-11-13-15-17-18-19-20-21-22-23-24-25-26-27-28-29-31-32-34-36-38-40-42-48(63)47(60-51(64)43-41-39-37-35-33-30-16-14-12-10-8-6-4-2)46-70-58-56(69)54(67)57(50(45-62)72-58)73-59-55(68)53(66)52(65)49(44-61)71-59/h6,8,12,14,30,32-34,37,39-40,42,47-50,52-59,61-63,65-69H,3-5,7,9-11,13,15-29,31,35-36,38,41,43-46H2,1-2H3,(H,60,64)/b8-6-,14-12-,33-30-,34-32+,39-37-,42-40+. The molecule has 0 aromatic carbocycles. The molecule has 73 heavy (non-hydrogen) atoms. The zero-order valence-electron chi connectivity index (χ0n) is 45.1. The Bertz CT molecular complexity index is 1500. The lowest BCUT2D eigenvalue weighted by Crippen LogP contribution is -2.65. The summed E-state index contributed by atoms with van der Waals surface area (Å²) in [6.07, 6.45) is 41.2. The monoisotopic (exact) mass is 1030 g/mol. The Morgan fingerprint density at radius 2 is 0.959 bits per heavy atom. The van der Waals surface area contributed by atoms with E-state index in [4.69, 9.17) is 18.9 Å². The Kier molecular flexibility index (Phi) is 40.6. The smallest absolute Gasteiger partial charge is 0.220 e. The molecule has 2 fully saturated rings. The number of carbonyl (C=O) groups is 1. The van der Waals surface area contributed by atoms with Crippen LogP contribution in [0.2, 0.25) is 0 Å². The van der Waals surface area contributed by atoms with Gasteiger partial charge in [0, 0.05) is 6.42 Å². The van der Waals surface area contributed by atoms with Crippen molar-refractivity contribution in [3.05, 3.63) is 72.9 Å². The minimum Gasteiger partial charge on any atom is -0.394 e. The molecule has 0 saturated carbocycles. The number of aliphatic hydroxyl groups is 8. The van der Waals surface area contributed by atoms with E-state index >= 15 is 0 Å². The maximum Gasteiger partial charge on any atom is 0.220 e. The first kappa shape index (κ1) is 66.5. The van der Waals surface area contributed by atoms with Crippen LogP contribution in [0.3, 0.4) is 0 Å². The summed E-state index contributed by atoms with van der Waals surface area (Å²) in [5.74, 6) is -0.331. The first-order chi connectivity index (χ1) is 35.6. The van der Waals surface area contributed by atoms with Crippen molar-refractivity contribution in [1.82, 2.24) is 5.32 Å². The van der Waals surface area contributed by atoms with E-state index in [1.54, 1.807) is 6.08 Å². The van der Waals surface area contributed by atoms with Crippen LogP contribution in [0.4, 0.5) is 0 Å². The molecule has 0 aromatic heterocycles. The number of allylic oxidation sites excluding steroid dienone is 11. The predicted octanol–water partition coefficient (Wildman–Crippen LogP) is 9.16. The summed E-state index contributed by atoms with van der Waals surface area (Å²) in [7, 11) is 0. The van der Waals surface area contributed by atoms with Gasteiger partial charge in [-0.25, -0.2) is 0 Å². The van der Waals surface area contributed by atoms with Crippen molar-refractivity contribution in [3.63, 3.8) is 0 Å². The number of aliphatic hydroxyl groups excluding tert-OH is 8. The number of carbonyl (C=O) groups excluding carboxylic acids is 1. The molecule has 0 radical (unpaired) electrons. The van der Waals surface area contributed by atoms with Crippen LogP contribution in [0.1, 0.15) is 200 Å². The highest BCUT2D eigenvalue weighted by Gasteiger charge is 2.51. The lowest BCUT2D eigenvalue weighted by atomic mass is 9.97. The van der Waals surface area contributed by atoms with E-state index in [-0.39, 0.29) is 18.9 Å². The van der Waals surface area contributed by atoms with Crippen LogP contribution in [-0.2, 0) is 23.7 Å². The third kappa shape index (κ3) is 30.7. The van der Waals surface area contributed by atoms with Gasteiger partial charge >= 0.3 is 0 Å². The highest BCUT2D eigenvalue weighted by molar-refractivity contribution is 5.76. The quantitative estimate of drug-likeness (QED) is 0.0205. The van der Waals surface area contributed by atoms with E-state index in [2.05, 4.69) is 67.8 Å². The zero-order valence-corrected chi connectivity index (χ0v) is 45.1. The first-order valence-electron chi connectivity index (χ1n) is 28.7. The molecule has 14 nitrogen and oxygen atoms in total. The van der Waals surface area contributed by atoms with Gasteiger partial charge in [0.1, 0.15) is 48.8 Å². The molecule has 0 aromatic rings. The van der Waals surface area contributed by atoms with Crippen LogP contribution >= 0.6 is 0 Å². The number of hydrogen-bond donors (Lipinski definition) is 9. The number of hydrogen-bond acceptors (Lipinski definition) is 13. The van der Waals surface area contributed by atoms with E-state index in [1.165, 1.54) is 128 Å². The molecule has 2 aliphatic heterocycles. The van der Waals surface area contributed by atoms with Gasteiger partial charge < -0.3 is 65.1 Å². The Hall–Kier alpha value is -2.57. The summed E-state index contributed by atoms with van der Waals surface area (Å²) in [5, 5.41) is 86.8. The minimum atomic E-state index is -1.80. The molecule has 12 unspecified atom stereocenters. The largest absolute Gasteiger partial charge is 0.394 e. The SMILES string of the molecule is CC/C=C\C/C=C\C/C=C\C/C=C\CCC(=O)NC(COC1OC(CO)C(OC2OC(CO)C(O)C(O)C2O)C(O)C1O)C(O)/C=C/CC/C=C/CCCCCCCCCCCCCCCCCCCCCC. The highest BCUT2D eigenvalue weighted by Crippen LogP contribution is 2.30. The van der Waals surface area contributed by atoms with E-state index in [9.17, 15) is 45.6 Å². The second-order valence-corrected chi connectivity index (χ2v) is 20.0. The molecule has 2 aliphatic rings. The van der Waals surface area contributed by atoms with Crippen molar-refractivity contribution >= 4 is 5.91 Å². The fourth-order valence-electron chi connectivity index (χ4n) is 9.02. The molecular weight excluding hydrogens is 931 g/mol. The summed E-state index contributed by atoms with van der Waals surface area (Å²) in [5.41, 5.74) is 0. The van der Waals surface area contributed by atoms with Crippen molar-refractivity contribution in [2.75, 3.05) is 19.8 Å². The van der Waals surface area contributed by atoms with Crippen LogP contribution in [0.15, 0.2) is 72.9 Å². The molecule has 2 saturated heterocycles. The third-order valence-electron chi connectivity index (χ3n) is 13.6. The average Bonchev–Trinajstić information content (AvgIpc) is 3.39. The number of nitrogens with one attached hydrogen (secondary N) is 1. The lowest BCUT2D eigenvalue weighted by molar-refractivity contribution is -0.359. The van der Waals surface area contributed by atoms with Crippen LogP contribution in [0.5, 0.6) is 0 Å². The molecule has 1 amide bonds. The molecule has 12 atom stereocenters. The van der Waals surface area contributed by atoms with Crippen LogP contribution in [0, 0.1) is 0 Å². The molecule has 2 rings (SSSR count). The zero-order chi connectivity index (χ0) is 53.2.